The van der Waals surface area contributed by atoms with E-state index in [0.29, 0.717) is 12.8 Å². The van der Waals surface area contributed by atoms with E-state index in [9.17, 15) is 4.79 Å². The predicted octanol–water partition coefficient (Wildman–Crippen LogP) is 8.78. The first-order valence-corrected chi connectivity index (χ1v) is 20.0. The Bertz CT molecular complexity index is 1020. The smallest absolute Gasteiger partial charge is 0.250 e. The molecule has 1 aromatic rings. The molecule has 3 fully saturated rings. The maximum atomic E-state index is 13.6. The van der Waals surface area contributed by atoms with Crippen LogP contribution in [0.4, 0.5) is 0 Å². The number of benzene rings is 1. The first kappa shape index (κ1) is 34.4. The third-order valence-electron chi connectivity index (χ3n) is 9.81. The normalized spacial score (nSPS) is 28.0. The first-order valence-electron chi connectivity index (χ1n) is 17.1. The van der Waals surface area contributed by atoms with Gasteiger partial charge in [-0.2, -0.15) is 0 Å². The molecule has 1 aromatic carbocycles. The summed E-state index contributed by atoms with van der Waals surface area (Å²) in [6.45, 7) is 15.0. The fourth-order valence-corrected chi connectivity index (χ4v) is 7.15. The van der Waals surface area contributed by atoms with E-state index in [-0.39, 0.29) is 47.4 Å². The van der Waals surface area contributed by atoms with Gasteiger partial charge >= 0.3 is 0 Å². The number of ketones is 1. The number of ether oxygens (including phenoxy) is 4. The highest BCUT2D eigenvalue weighted by Crippen LogP contribution is 2.39. The molecular formula is C36H58O6Si. The van der Waals surface area contributed by atoms with Crippen LogP contribution < -0.4 is 4.43 Å². The van der Waals surface area contributed by atoms with E-state index >= 15 is 0 Å². The monoisotopic (exact) mass is 614 g/mol. The summed E-state index contributed by atoms with van der Waals surface area (Å²) in [6.07, 6.45) is 15.6. The number of Topliss-reactive ketones (excluding diaryl/α,β-unsaturated/α-hetero) is 1. The fourth-order valence-electron chi connectivity index (χ4n) is 6.13. The van der Waals surface area contributed by atoms with E-state index in [4.69, 9.17) is 23.4 Å². The number of unbranched alkanes of at least 4 members (excludes halogenated alkanes) is 2. The average Bonchev–Trinajstić information content (AvgIpc) is 3.25. The van der Waals surface area contributed by atoms with Gasteiger partial charge < -0.3 is 23.4 Å². The largest absolute Gasteiger partial charge is 0.543 e. The van der Waals surface area contributed by atoms with E-state index in [1.165, 1.54) is 12.8 Å². The van der Waals surface area contributed by atoms with Gasteiger partial charge in [0.25, 0.3) is 0 Å². The molecule has 6 nitrogen and oxygen atoms in total. The second-order valence-corrected chi connectivity index (χ2v) is 19.1. The molecule has 1 aliphatic carbocycles. The Balaban J connectivity index is 1.53. The highest BCUT2D eigenvalue weighted by Gasteiger charge is 2.43. The third kappa shape index (κ3) is 10.3. The van der Waals surface area contributed by atoms with Gasteiger partial charge in [-0.3, -0.25) is 4.79 Å². The maximum Gasteiger partial charge on any atom is 0.250 e. The van der Waals surface area contributed by atoms with E-state index in [2.05, 4.69) is 77.2 Å². The standard InChI is InChI=1S/C36H58O6Si/c1-7-8-9-16-28(40-34-18-10-12-22-38-34)20-21-30-31(32(37)26-33(30)41-35-19-11-13-23-39-35)25-27-15-14-17-29(24-27)42-43(5,6)36(2,3)4/h14-15,17,20-21,24,28,30-31,33-35H,7-13,16,18-19,22-23,25-26H2,1-6H3. The van der Waals surface area contributed by atoms with Gasteiger partial charge in [0.05, 0.1) is 12.2 Å². The van der Waals surface area contributed by atoms with Crippen molar-refractivity contribution in [3.8, 4) is 5.75 Å². The SMILES string of the molecule is CCCCCC(C=CC1C(OC2CCCCO2)CC(=O)C1Cc1cccc(O[Si](C)(C)C(C)(C)C)c1)OC1CCCCO1. The number of hydrogen-bond acceptors (Lipinski definition) is 6. The molecule has 4 rings (SSSR count). The van der Waals surface area contributed by atoms with E-state index in [1.54, 1.807) is 0 Å². The minimum Gasteiger partial charge on any atom is -0.543 e. The molecule has 6 atom stereocenters. The van der Waals surface area contributed by atoms with Crippen molar-refractivity contribution in [3.05, 3.63) is 42.0 Å². The van der Waals surface area contributed by atoms with Crippen LogP contribution in [0.5, 0.6) is 5.75 Å². The Labute approximate surface area is 262 Å². The molecule has 3 aliphatic rings. The molecule has 0 N–H and O–H groups in total. The van der Waals surface area contributed by atoms with E-state index < -0.39 is 8.32 Å². The summed E-state index contributed by atoms with van der Waals surface area (Å²) in [5, 5.41) is 0.116. The Kier molecular flexibility index (Phi) is 12.9. The summed E-state index contributed by atoms with van der Waals surface area (Å²) in [4.78, 5) is 13.6. The molecule has 0 bridgehead atoms. The molecule has 6 unspecified atom stereocenters. The summed E-state index contributed by atoms with van der Waals surface area (Å²) in [6, 6.07) is 8.38. The molecule has 43 heavy (non-hydrogen) atoms. The Morgan fingerprint density at radius 3 is 2.40 bits per heavy atom. The molecule has 0 radical (unpaired) electrons. The quantitative estimate of drug-likeness (QED) is 0.119. The van der Waals surface area contributed by atoms with Crippen LogP contribution >= 0.6 is 0 Å². The Morgan fingerprint density at radius 2 is 1.74 bits per heavy atom. The molecule has 242 valence electrons. The first-order chi connectivity index (χ1) is 20.6. The molecule has 1 saturated carbocycles. The van der Waals surface area contributed by atoms with Crippen LogP contribution in [0.2, 0.25) is 18.1 Å². The molecule has 0 spiro atoms. The molecular weight excluding hydrogens is 556 g/mol. The van der Waals surface area contributed by atoms with Gasteiger partial charge in [-0.1, -0.05) is 71.2 Å². The zero-order chi connectivity index (χ0) is 30.9. The van der Waals surface area contributed by atoms with E-state index in [0.717, 1.165) is 75.9 Å². The van der Waals surface area contributed by atoms with Gasteiger partial charge in [0.1, 0.15) is 11.5 Å². The summed E-state index contributed by atoms with van der Waals surface area (Å²) in [5.41, 5.74) is 1.13. The lowest BCUT2D eigenvalue weighted by Crippen LogP contribution is -2.43. The second kappa shape index (κ2) is 16.2. The number of rotatable bonds is 14. The van der Waals surface area contributed by atoms with Gasteiger partial charge in [-0.15, -0.1) is 0 Å². The highest BCUT2D eigenvalue weighted by atomic mass is 28.4. The number of carbonyl (C=O) groups excluding carboxylic acids is 1. The van der Waals surface area contributed by atoms with Crippen molar-refractivity contribution in [1.82, 2.24) is 0 Å². The van der Waals surface area contributed by atoms with Crippen LogP contribution in [-0.2, 0) is 30.2 Å². The molecule has 2 saturated heterocycles. The van der Waals surface area contributed by atoms with Crippen LogP contribution in [-0.4, -0.2) is 52.1 Å². The minimum atomic E-state index is -1.97. The lowest BCUT2D eigenvalue weighted by Gasteiger charge is -2.36. The topological polar surface area (TPSA) is 63.2 Å². The van der Waals surface area contributed by atoms with Crippen molar-refractivity contribution in [2.24, 2.45) is 11.8 Å². The predicted molar refractivity (Wildman–Crippen MR) is 175 cm³/mol. The minimum absolute atomic E-state index is 0.0288. The van der Waals surface area contributed by atoms with Gasteiger partial charge in [-0.05, 0) is 87.2 Å². The zero-order valence-electron chi connectivity index (χ0n) is 27.8. The average molecular weight is 615 g/mol. The van der Waals surface area contributed by atoms with Crippen LogP contribution in [0.15, 0.2) is 36.4 Å². The summed E-state index contributed by atoms with van der Waals surface area (Å²) in [5.74, 6) is 0.981. The lowest BCUT2D eigenvalue weighted by atomic mass is 9.87. The van der Waals surface area contributed by atoms with Crippen molar-refractivity contribution in [3.63, 3.8) is 0 Å². The van der Waals surface area contributed by atoms with Crippen LogP contribution in [0.3, 0.4) is 0 Å². The maximum absolute atomic E-state index is 13.6. The molecule has 2 aliphatic heterocycles. The van der Waals surface area contributed by atoms with E-state index in [1.807, 2.05) is 0 Å². The number of hydrogen-bond donors (Lipinski definition) is 0. The van der Waals surface area contributed by atoms with Crippen molar-refractivity contribution >= 4 is 14.1 Å². The van der Waals surface area contributed by atoms with Crippen molar-refractivity contribution in [1.29, 1.82) is 0 Å². The number of carbonyl (C=O) groups is 1. The Morgan fingerprint density at radius 1 is 1.02 bits per heavy atom. The van der Waals surface area contributed by atoms with Gasteiger partial charge in [0.2, 0.25) is 8.32 Å². The molecule has 0 aromatic heterocycles. The molecule has 0 amide bonds. The van der Waals surface area contributed by atoms with Crippen LogP contribution in [0, 0.1) is 11.8 Å². The van der Waals surface area contributed by atoms with Gasteiger partial charge in [0, 0.05) is 31.5 Å². The summed E-state index contributed by atoms with van der Waals surface area (Å²) >= 11 is 0. The van der Waals surface area contributed by atoms with Crippen molar-refractivity contribution in [2.45, 2.75) is 148 Å². The summed E-state index contributed by atoms with van der Waals surface area (Å²) < 4.78 is 31.5. The van der Waals surface area contributed by atoms with Crippen LogP contribution in [0.1, 0.15) is 104 Å². The lowest BCUT2D eigenvalue weighted by molar-refractivity contribution is -0.192. The van der Waals surface area contributed by atoms with Crippen molar-refractivity contribution < 1.29 is 28.2 Å². The van der Waals surface area contributed by atoms with Crippen molar-refractivity contribution in [2.75, 3.05) is 13.2 Å². The zero-order valence-corrected chi connectivity index (χ0v) is 28.8. The van der Waals surface area contributed by atoms with Gasteiger partial charge in [-0.25, -0.2) is 0 Å². The van der Waals surface area contributed by atoms with Crippen LogP contribution in [0.25, 0.3) is 0 Å². The Hall–Kier alpha value is -1.51. The fraction of sp³-hybridized carbons (Fsp3) is 0.750. The van der Waals surface area contributed by atoms with Gasteiger partial charge in [0.15, 0.2) is 12.6 Å². The second-order valence-electron chi connectivity index (χ2n) is 14.4. The third-order valence-corrected chi connectivity index (χ3v) is 14.2. The molecule has 7 heteroatoms. The summed E-state index contributed by atoms with van der Waals surface area (Å²) in [7, 11) is -1.97. The molecule has 2 heterocycles. The highest BCUT2D eigenvalue weighted by molar-refractivity contribution is 6.74.